The quantitative estimate of drug-likeness (QED) is 0.429. The summed E-state index contributed by atoms with van der Waals surface area (Å²) in [4.78, 5) is 0. The van der Waals surface area contributed by atoms with Gasteiger partial charge < -0.3 is 21.9 Å². The van der Waals surface area contributed by atoms with Crippen LogP contribution in [-0.2, 0) is 58.5 Å². The summed E-state index contributed by atoms with van der Waals surface area (Å²) in [5.41, 5.74) is 0. The Bertz CT molecular complexity index is 14.9. The van der Waals surface area contributed by atoms with Gasteiger partial charge in [0.05, 0.1) is 0 Å². The summed E-state index contributed by atoms with van der Waals surface area (Å²) in [6.07, 6.45) is 0. The molecule has 0 saturated heterocycles. The van der Waals surface area contributed by atoms with E-state index in [1.165, 1.54) is 0 Å². The molecule has 0 atom stereocenters. The first-order valence-corrected chi connectivity index (χ1v) is 0.561. The molecule has 0 rings (SSSR count). The maximum absolute atomic E-state index is 7.94. The SMILES string of the molecule is [La+3].[La+3].[Mn+2].[O-2].[O-2].[O-2].[O-2].[O]=[Co]. The van der Waals surface area contributed by atoms with Gasteiger partial charge in [-0.15, -0.1) is 0 Å². The fraction of sp³-hybridized carbons (Fsp3) is 0. The van der Waals surface area contributed by atoms with Crippen molar-refractivity contribution in [3.8, 4) is 0 Å². The van der Waals surface area contributed by atoms with E-state index in [9.17, 15) is 0 Å². The molecule has 0 saturated carbocycles. The Hall–Kier alpha value is 3.06. The average molecular weight is 472 g/mol. The van der Waals surface area contributed by atoms with Crippen molar-refractivity contribution in [2.45, 2.75) is 0 Å². The summed E-state index contributed by atoms with van der Waals surface area (Å²) in [5, 5.41) is 0. The number of hydrogen-bond acceptors (Lipinski definition) is 1. The first-order valence-electron chi connectivity index (χ1n) is 0.136. The summed E-state index contributed by atoms with van der Waals surface area (Å²) in [5.74, 6) is 0. The van der Waals surface area contributed by atoms with Gasteiger partial charge in [-0.3, -0.25) is 0 Å². The van der Waals surface area contributed by atoms with Gasteiger partial charge >= 0.3 is 108 Å². The van der Waals surface area contributed by atoms with Crippen molar-refractivity contribution in [2.24, 2.45) is 0 Å². The topological polar surface area (TPSA) is 131 Å². The first-order chi connectivity index (χ1) is 1.00. The second-order valence-electron chi connectivity index (χ2n) is 0. The summed E-state index contributed by atoms with van der Waals surface area (Å²) in [7, 11) is 0. The molecule has 0 aromatic rings. The molecule has 1 radical (unpaired) electrons. The van der Waals surface area contributed by atoms with Gasteiger partial charge in [0.15, 0.2) is 0 Å². The molecule has 0 aliphatic heterocycles. The maximum atomic E-state index is 7.94. The van der Waals surface area contributed by atoms with E-state index in [0.717, 1.165) is 0 Å². The molecule has 0 aromatic carbocycles. The summed E-state index contributed by atoms with van der Waals surface area (Å²) in [6, 6.07) is 0. The number of rotatable bonds is 0. The molecule has 0 spiro atoms. The van der Waals surface area contributed by atoms with E-state index in [-0.39, 0.29) is 110 Å². The molecule has 9 heavy (non-hydrogen) atoms. The monoisotopic (exact) mass is 472 g/mol. The molecular weight excluding hydrogens is 472 g/mol. The van der Waals surface area contributed by atoms with Crippen LogP contribution in [0.5, 0.6) is 0 Å². The fourth-order valence-corrected chi connectivity index (χ4v) is 0. The molecule has 0 aromatic heterocycles. The van der Waals surface area contributed by atoms with Gasteiger partial charge in [-0.05, 0) is 0 Å². The minimum atomic E-state index is 0. The molecule has 5 nitrogen and oxygen atoms in total. The molecule has 0 amide bonds. The van der Waals surface area contributed by atoms with Crippen molar-refractivity contribution in [3.63, 3.8) is 0 Å². The van der Waals surface area contributed by atoms with Crippen LogP contribution in [0, 0.1) is 71.2 Å². The zero-order valence-electron chi connectivity index (χ0n) is 3.91. The van der Waals surface area contributed by atoms with Gasteiger partial charge in [0.1, 0.15) is 0 Å². The standard InChI is InChI=1S/Co.2La.Mn.5O/q;2*+3;+2;;4*-2. The Morgan fingerprint density at radius 2 is 0.667 bits per heavy atom. The Balaban J connectivity index is -0.000000000238. The van der Waals surface area contributed by atoms with E-state index in [1.807, 2.05) is 0 Å². The van der Waals surface area contributed by atoms with Crippen molar-refractivity contribution in [1.82, 2.24) is 0 Å². The normalized spacial score (nSPS) is 0.556. The van der Waals surface area contributed by atoms with Crippen molar-refractivity contribution < 1.29 is 130 Å². The predicted octanol–water partition coefficient (Wildman–Crippen LogP) is -0.599. The average Bonchev–Trinajstić information content (AvgIpc) is 1.00. The first kappa shape index (κ1) is 89.6. The van der Waals surface area contributed by atoms with E-state index in [4.69, 9.17) is 3.87 Å². The van der Waals surface area contributed by atoms with Gasteiger partial charge in [0.2, 0.25) is 0 Å². The fourth-order valence-electron chi connectivity index (χ4n) is 0. The van der Waals surface area contributed by atoms with E-state index in [0.29, 0.717) is 0 Å². The predicted molar refractivity (Wildman–Crippen MR) is 3.43 cm³/mol. The van der Waals surface area contributed by atoms with Crippen LogP contribution in [0.2, 0.25) is 0 Å². The molecule has 0 aliphatic rings. The van der Waals surface area contributed by atoms with E-state index < -0.39 is 0 Å². The van der Waals surface area contributed by atoms with Crippen LogP contribution in [0.3, 0.4) is 0 Å². The molecular formula is CoLa2MnO5. The van der Waals surface area contributed by atoms with Crippen LogP contribution in [-0.4, -0.2) is 0 Å². The zero-order chi connectivity index (χ0) is 2.00. The van der Waals surface area contributed by atoms with Crippen LogP contribution in [0.1, 0.15) is 0 Å². The number of hydrogen-bond donors (Lipinski definition) is 0. The van der Waals surface area contributed by atoms with Gasteiger partial charge in [-0.25, -0.2) is 0 Å². The zero-order valence-corrected chi connectivity index (χ0v) is 13.4. The van der Waals surface area contributed by atoms with Crippen molar-refractivity contribution in [3.05, 3.63) is 0 Å². The molecule has 52 valence electrons. The van der Waals surface area contributed by atoms with Crippen LogP contribution in [0.4, 0.5) is 0 Å². The van der Waals surface area contributed by atoms with Crippen molar-refractivity contribution in [2.75, 3.05) is 0 Å². The molecule has 0 N–H and O–H groups in total. The van der Waals surface area contributed by atoms with Crippen molar-refractivity contribution in [1.29, 1.82) is 0 Å². The Kier molecular flexibility index (Phi) is 1190. The molecule has 0 fully saturated rings. The Labute approximate surface area is 127 Å². The van der Waals surface area contributed by atoms with E-state index in [1.54, 1.807) is 0 Å². The van der Waals surface area contributed by atoms with Crippen LogP contribution in [0.15, 0.2) is 0 Å². The summed E-state index contributed by atoms with van der Waals surface area (Å²) < 4.78 is 7.94. The van der Waals surface area contributed by atoms with Crippen molar-refractivity contribution >= 4 is 0 Å². The van der Waals surface area contributed by atoms with Crippen LogP contribution >= 0.6 is 0 Å². The van der Waals surface area contributed by atoms with Crippen LogP contribution in [0.25, 0.3) is 0 Å². The molecule has 0 unspecified atom stereocenters. The summed E-state index contributed by atoms with van der Waals surface area (Å²) >= 11 is 2.31. The summed E-state index contributed by atoms with van der Waals surface area (Å²) in [6.45, 7) is 0. The van der Waals surface area contributed by atoms with Gasteiger partial charge in [-0.1, -0.05) is 0 Å². The third-order valence-corrected chi connectivity index (χ3v) is 0. The molecule has 0 bridgehead atoms. The minimum absolute atomic E-state index is 0. The molecule has 9 heteroatoms. The molecule has 0 aliphatic carbocycles. The Morgan fingerprint density at radius 1 is 0.667 bits per heavy atom. The second kappa shape index (κ2) is 120. The second-order valence-corrected chi connectivity index (χ2v) is 0. The van der Waals surface area contributed by atoms with Crippen LogP contribution < -0.4 is 0 Å². The van der Waals surface area contributed by atoms with Gasteiger partial charge in [0.25, 0.3) is 0 Å². The Morgan fingerprint density at radius 3 is 0.667 bits per heavy atom. The third-order valence-electron chi connectivity index (χ3n) is 0. The van der Waals surface area contributed by atoms with Gasteiger partial charge in [-0.2, -0.15) is 0 Å². The van der Waals surface area contributed by atoms with E-state index >= 15 is 0 Å². The van der Waals surface area contributed by atoms with Gasteiger partial charge in [0, 0.05) is 0 Å². The third kappa shape index (κ3) is 97.1. The van der Waals surface area contributed by atoms with E-state index in [2.05, 4.69) is 15.7 Å². The molecule has 0 heterocycles.